The minimum absolute atomic E-state index is 0.333. The smallest absolute Gasteiger partial charge is 0.214 e. The van der Waals surface area contributed by atoms with Gasteiger partial charge in [-0.15, -0.1) is 0 Å². The van der Waals surface area contributed by atoms with Crippen LogP contribution < -0.4 is 5.73 Å². The summed E-state index contributed by atoms with van der Waals surface area (Å²) in [5.74, 6) is -0.333. The topological polar surface area (TPSA) is 43.1 Å². The van der Waals surface area contributed by atoms with E-state index < -0.39 is 0 Å². The number of carbonyl (C=O) groups excluding carboxylic acids is 1. The number of rotatable bonds is 0. The highest BCUT2D eigenvalue weighted by Crippen LogP contribution is 2.49. The number of hydrogen-bond acceptors (Lipinski definition) is 1. The normalized spacial score (nSPS) is 9.92. The third-order valence-electron chi connectivity index (χ3n) is 1.37. The highest BCUT2D eigenvalue weighted by molar-refractivity contribution is 6.49. The predicted molar refractivity (Wildman–Crippen MR) is 50.3 cm³/mol. The van der Waals surface area contributed by atoms with E-state index in [1.807, 2.05) is 12.1 Å². The highest BCUT2D eigenvalue weighted by Gasteiger charge is 2.22. The van der Waals surface area contributed by atoms with Gasteiger partial charge in [0.1, 0.15) is 0 Å². The van der Waals surface area contributed by atoms with E-state index in [4.69, 9.17) is 23.2 Å². The molecule has 4 heteroatoms. The van der Waals surface area contributed by atoms with Crippen LogP contribution in [0.25, 0.3) is 11.1 Å². The van der Waals surface area contributed by atoms with Crippen LogP contribution in [-0.4, -0.2) is 5.91 Å². The van der Waals surface area contributed by atoms with Crippen molar-refractivity contribution in [2.45, 2.75) is 6.92 Å². The van der Waals surface area contributed by atoms with Crippen LogP contribution in [0.3, 0.4) is 0 Å². The number of fused-ring (bicyclic) bond motifs is 1. The molecule has 0 unspecified atom stereocenters. The molecule has 0 aromatic heterocycles. The van der Waals surface area contributed by atoms with Crippen molar-refractivity contribution in [1.29, 1.82) is 0 Å². The Morgan fingerprint density at radius 1 is 1.25 bits per heavy atom. The molecule has 2 aliphatic carbocycles. The molecule has 0 heterocycles. The molecule has 1 amide bonds. The van der Waals surface area contributed by atoms with E-state index in [9.17, 15) is 4.79 Å². The fourth-order valence-corrected chi connectivity index (χ4v) is 1.34. The molecule has 12 heavy (non-hydrogen) atoms. The Balaban J connectivity index is 0.000000157. The summed E-state index contributed by atoms with van der Waals surface area (Å²) in [5.41, 5.74) is 6.72. The van der Waals surface area contributed by atoms with E-state index in [0.29, 0.717) is 0 Å². The van der Waals surface area contributed by atoms with Crippen LogP contribution in [0.15, 0.2) is 12.1 Å². The molecule has 0 aliphatic heterocycles. The second-order valence-corrected chi connectivity index (χ2v) is 3.16. The van der Waals surface area contributed by atoms with Gasteiger partial charge in [0.15, 0.2) is 0 Å². The zero-order chi connectivity index (χ0) is 9.30. The average molecular weight is 204 g/mol. The van der Waals surface area contributed by atoms with Crippen molar-refractivity contribution in [2.75, 3.05) is 0 Å². The standard InChI is InChI=1S/C6H2Cl2.C2H5NO/c7-5-3-1-2-4(3)6(5)8;1-2(3)4/h1-2H;1H3,(H2,3,4). The number of primary amides is 1. The first-order valence-electron chi connectivity index (χ1n) is 3.28. The Labute approximate surface area is 80.3 Å². The molecule has 0 bridgehead atoms. The Bertz CT molecular complexity index is 305. The lowest BCUT2D eigenvalue weighted by Gasteiger charge is -2.19. The summed E-state index contributed by atoms with van der Waals surface area (Å²) in [7, 11) is 0. The van der Waals surface area contributed by atoms with E-state index >= 15 is 0 Å². The Morgan fingerprint density at radius 3 is 1.58 bits per heavy atom. The molecule has 0 atom stereocenters. The Hall–Kier alpha value is -0.730. The number of benzene rings is 1. The first kappa shape index (κ1) is 9.36. The summed E-state index contributed by atoms with van der Waals surface area (Å²) < 4.78 is 0. The van der Waals surface area contributed by atoms with Gasteiger partial charge in [0.2, 0.25) is 5.91 Å². The van der Waals surface area contributed by atoms with Gasteiger partial charge in [-0.1, -0.05) is 35.3 Å². The summed E-state index contributed by atoms with van der Waals surface area (Å²) in [6.45, 7) is 1.31. The van der Waals surface area contributed by atoms with Gasteiger partial charge in [-0.05, 0) is 0 Å². The van der Waals surface area contributed by atoms with Crippen LogP contribution in [0.4, 0.5) is 0 Å². The first-order valence-corrected chi connectivity index (χ1v) is 4.04. The predicted octanol–water partition coefficient (Wildman–Crippen LogP) is 2.47. The van der Waals surface area contributed by atoms with E-state index in [-0.39, 0.29) is 5.91 Å². The van der Waals surface area contributed by atoms with Crippen LogP contribution in [0.1, 0.15) is 6.92 Å². The molecule has 2 rings (SSSR count). The summed E-state index contributed by atoms with van der Waals surface area (Å²) in [4.78, 5) is 9.22. The monoisotopic (exact) mass is 203 g/mol. The van der Waals surface area contributed by atoms with Crippen molar-refractivity contribution in [3.63, 3.8) is 0 Å². The van der Waals surface area contributed by atoms with E-state index in [1.54, 1.807) is 0 Å². The van der Waals surface area contributed by atoms with Crippen molar-refractivity contribution < 1.29 is 4.79 Å². The SMILES string of the molecule is CC(N)=O.Clc1c2ccc-2c1Cl. The summed E-state index contributed by atoms with van der Waals surface area (Å²) in [5, 5.41) is 1.45. The van der Waals surface area contributed by atoms with Crippen molar-refractivity contribution >= 4 is 29.1 Å². The fraction of sp³-hybridized carbons (Fsp3) is 0.125. The summed E-state index contributed by atoms with van der Waals surface area (Å²) >= 11 is 11.3. The molecule has 64 valence electrons. The van der Waals surface area contributed by atoms with Gasteiger partial charge in [0, 0.05) is 18.1 Å². The molecule has 0 fully saturated rings. The van der Waals surface area contributed by atoms with Gasteiger partial charge in [0.25, 0.3) is 0 Å². The van der Waals surface area contributed by atoms with Gasteiger partial charge in [-0.3, -0.25) is 4.79 Å². The first-order chi connectivity index (χ1) is 5.54. The summed E-state index contributed by atoms with van der Waals surface area (Å²) in [6.07, 6.45) is 0. The van der Waals surface area contributed by atoms with Crippen molar-refractivity contribution in [1.82, 2.24) is 0 Å². The lowest BCUT2D eigenvalue weighted by Crippen LogP contribution is -2.01. The van der Waals surface area contributed by atoms with Gasteiger partial charge in [-0.2, -0.15) is 0 Å². The van der Waals surface area contributed by atoms with Crippen LogP contribution >= 0.6 is 23.2 Å². The Kier molecular flexibility index (Phi) is 2.60. The lowest BCUT2D eigenvalue weighted by molar-refractivity contribution is -0.115. The highest BCUT2D eigenvalue weighted by atomic mass is 35.5. The van der Waals surface area contributed by atoms with Crippen LogP contribution in [0.2, 0.25) is 10.0 Å². The molecule has 0 aromatic rings. The number of amides is 1. The third kappa shape index (κ3) is 1.54. The van der Waals surface area contributed by atoms with Crippen molar-refractivity contribution in [3.05, 3.63) is 22.2 Å². The molecule has 0 radical (unpaired) electrons. The van der Waals surface area contributed by atoms with Gasteiger partial charge in [0.05, 0.1) is 10.0 Å². The van der Waals surface area contributed by atoms with Gasteiger partial charge in [-0.25, -0.2) is 0 Å². The van der Waals surface area contributed by atoms with E-state index in [0.717, 1.165) is 21.2 Å². The maximum absolute atomic E-state index is 9.22. The summed E-state index contributed by atoms with van der Waals surface area (Å²) in [6, 6.07) is 3.92. The molecular weight excluding hydrogens is 197 g/mol. The van der Waals surface area contributed by atoms with Crippen LogP contribution in [0, 0.1) is 0 Å². The van der Waals surface area contributed by atoms with Crippen molar-refractivity contribution in [3.8, 4) is 11.1 Å². The molecule has 2 N–H and O–H groups in total. The zero-order valence-corrected chi connectivity index (χ0v) is 7.91. The molecular formula is C8H7Cl2NO. The molecule has 0 aromatic carbocycles. The fourth-order valence-electron chi connectivity index (χ4n) is 0.807. The minimum Gasteiger partial charge on any atom is -0.370 e. The second kappa shape index (κ2) is 3.33. The number of halogens is 2. The minimum atomic E-state index is -0.333. The average Bonchev–Trinajstić information content (AvgIpc) is 1.84. The second-order valence-electron chi connectivity index (χ2n) is 2.40. The van der Waals surface area contributed by atoms with Crippen molar-refractivity contribution in [2.24, 2.45) is 5.73 Å². The van der Waals surface area contributed by atoms with Crippen LogP contribution in [-0.2, 0) is 4.79 Å². The largest absolute Gasteiger partial charge is 0.370 e. The van der Waals surface area contributed by atoms with Crippen LogP contribution in [0.5, 0.6) is 0 Å². The van der Waals surface area contributed by atoms with E-state index in [2.05, 4.69) is 5.73 Å². The molecule has 0 saturated carbocycles. The molecule has 0 saturated heterocycles. The third-order valence-corrected chi connectivity index (χ3v) is 2.25. The molecule has 2 nitrogen and oxygen atoms in total. The quantitative estimate of drug-likeness (QED) is 0.703. The zero-order valence-electron chi connectivity index (χ0n) is 6.40. The van der Waals surface area contributed by atoms with Gasteiger partial charge >= 0.3 is 0 Å². The lowest BCUT2D eigenvalue weighted by atomic mass is 9.94. The Morgan fingerprint density at radius 2 is 1.50 bits per heavy atom. The number of nitrogens with two attached hydrogens (primary N) is 1. The number of carbonyl (C=O) groups is 1. The molecule has 0 spiro atoms. The van der Waals surface area contributed by atoms with Gasteiger partial charge < -0.3 is 5.73 Å². The van der Waals surface area contributed by atoms with E-state index in [1.165, 1.54) is 6.92 Å². The number of hydrogen-bond donors (Lipinski definition) is 1. The maximum Gasteiger partial charge on any atom is 0.214 e. The molecule has 2 aliphatic rings. The maximum atomic E-state index is 9.22.